The SMILES string of the molecule is CC1(C)C(N)C(C)(C)C1NC(=O)CCn1ccnn1. The number of carbonyl (C=O) groups is 1. The summed E-state index contributed by atoms with van der Waals surface area (Å²) in [5.74, 6) is 0.0357. The first kappa shape index (κ1) is 14.0. The summed E-state index contributed by atoms with van der Waals surface area (Å²) >= 11 is 0. The van der Waals surface area contributed by atoms with Gasteiger partial charge in [-0.3, -0.25) is 9.48 Å². The Morgan fingerprint density at radius 1 is 1.37 bits per heavy atom. The van der Waals surface area contributed by atoms with Crippen LogP contribution in [-0.4, -0.2) is 33.0 Å². The van der Waals surface area contributed by atoms with E-state index in [0.29, 0.717) is 13.0 Å². The third-order valence-corrected chi connectivity index (χ3v) is 4.44. The molecular weight excluding hydrogens is 242 g/mol. The molecule has 19 heavy (non-hydrogen) atoms. The second kappa shape index (κ2) is 4.59. The molecule has 1 aromatic rings. The van der Waals surface area contributed by atoms with Crippen LogP contribution in [0.15, 0.2) is 12.4 Å². The Hall–Kier alpha value is -1.43. The number of nitrogens with one attached hydrogen (secondary N) is 1. The molecule has 0 radical (unpaired) electrons. The number of nitrogens with zero attached hydrogens (tertiary/aromatic N) is 3. The van der Waals surface area contributed by atoms with Gasteiger partial charge in [0.1, 0.15) is 0 Å². The molecule has 6 heteroatoms. The molecule has 6 nitrogen and oxygen atoms in total. The minimum absolute atomic E-state index is 0.0357. The second-order valence-corrected chi connectivity index (χ2v) is 6.54. The molecule has 106 valence electrons. The summed E-state index contributed by atoms with van der Waals surface area (Å²) in [6.07, 6.45) is 3.76. The zero-order valence-corrected chi connectivity index (χ0v) is 12.1. The molecule has 2 rings (SSSR count). The van der Waals surface area contributed by atoms with E-state index in [1.54, 1.807) is 17.1 Å². The van der Waals surface area contributed by atoms with Crippen molar-refractivity contribution in [2.45, 2.75) is 52.7 Å². The summed E-state index contributed by atoms with van der Waals surface area (Å²) in [4.78, 5) is 12.0. The highest BCUT2D eigenvalue weighted by atomic mass is 16.1. The predicted molar refractivity (Wildman–Crippen MR) is 72.1 cm³/mol. The lowest BCUT2D eigenvalue weighted by Gasteiger charge is -2.62. The standard InChI is InChI=1S/C13H23N5O/c1-12(2)10(14)13(3,4)11(12)16-9(19)5-7-18-8-6-15-17-18/h6,8,10-11H,5,7,14H2,1-4H3,(H,16,19). The molecule has 0 aromatic carbocycles. The van der Waals surface area contributed by atoms with E-state index in [2.05, 4.69) is 43.3 Å². The summed E-state index contributed by atoms with van der Waals surface area (Å²) in [5, 5.41) is 10.7. The van der Waals surface area contributed by atoms with Gasteiger partial charge in [0.05, 0.1) is 12.7 Å². The molecule has 1 fully saturated rings. The highest BCUT2D eigenvalue weighted by Crippen LogP contribution is 2.52. The van der Waals surface area contributed by atoms with Crippen molar-refractivity contribution in [1.82, 2.24) is 20.3 Å². The monoisotopic (exact) mass is 265 g/mol. The number of rotatable bonds is 4. The first-order chi connectivity index (χ1) is 8.76. The lowest BCUT2D eigenvalue weighted by Crippen LogP contribution is -2.76. The van der Waals surface area contributed by atoms with Crippen LogP contribution in [0.2, 0.25) is 0 Å². The molecule has 1 aromatic heterocycles. The van der Waals surface area contributed by atoms with Crippen molar-refractivity contribution in [3.05, 3.63) is 12.4 Å². The van der Waals surface area contributed by atoms with E-state index in [0.717, 1.165) is 0 Å². The number of carbonyl (C=O) groups excluding carboxylic acids is 1. The molecule has 0 unspecified atom stereocenters. The van der Waals surface area contributed by atoms with Crippen molar-refractivity contribution < 1.29 is 4.79 Å². The van der Waals surface area contributed by atoms with Gasteiger partial charge >= 0.3 is 0 Å². The van der Waals surface area contributed by atoms with Crippen molar-refractivity contribution in [2.75, 3.05) is 0 Å². The third-order valence-electron chi connectivity index (χ3n) is 4.44. The quantitative estimate of drug-likeness (QED) is 0.832. The Labute approximate surface area is 113 Å². The average Bonchev–Trinajstić information content (AvgIpc) is 2.85. The van der Waals surface area contributed by atoms with E-state index in [-0.39, 0.29) is 28.8 Å². The lowest BCUT2D eigenvalue weighted by molar-refractivity contribution is -0.132. The topological polar surface area (TPSA) is 85.8 Å². The van der Waals surface area contributed by atoms with Crippen LogP contribution in [0, 0.1) is 10.8 Å². The highest BCUT2D eigenvalue weighted by molar-refractivity contribution is 5.76. The van der Waals surface area contributed by atoms with Gasteiger partial charge in [-0.1, -0.05) is 32.9 Å². The lowest BCUT2D eigenvalue weighted by atomic mass is 9.48. The largest absolute Gasteiger partial charge is 0.352 e. The minimum atomic E-state index is -0.0631. The molecule has 1 aliphatic rings. The van der Waals surface area contributed by atoms with Crippen LogP contribution in [0.4, 0.5) is 0 Å². The van der Waals surface area contributed by atoms with Crippen LogP contribution in [0.25, 0.3) is 0 Å². The zero-order chi connectivity index (χ0) is 14.3. The smallest absolute Gasteiger partial charge is 0.222 e. The molecule has 1 heterocycles. The number of aromatic nitrogens is 3. The number of hydrogen-bond donors (Lipinski definition) is 2. The van der Waals surface area contributed by atoms with Crippen molar-refractivity contribution in [1.29, 1.82) is 0 Å². The van der Waals surface area contributed by atoms with E-state index in [4.69, 9.17) is 5.73 Å². The third kappa shape index (κ3) is 2.36. The van der Waals surface area contributed by atoms with Crippen LogP contribution in [0.5, 0.6) is 0 Å². The fourth-order valence-electron chi connectivity index (χ4n) is 3.35. The summed E-state index contributed by atoms with van der Waals surface area (Å²) in [5.41, 5.74) is 6.05. The fraction of sp³-hybridized carbons (Fsp3) is 0.769. The Morgan fingerprint density at radius 2 is 2.00 bits per heavy atom. The van der Waals surface area contributed by atoms with Crippen molar-refractivity contribution in [3.63, 3.8) is 0 Å². The van der Waals surface area contributed by atoms with Gasteiger partial charge in [-0.25, -0.2) is 0 Å². The average molecular weight is 265 g/mol. The molecule has 0 aliphatic heterocycles. The minimum Gasteiger partial charge on any atom is -0.352 e. The van der Waals surface area contributed by atoms with E-state index >= 15 is 0 Å². The normalized spacial score (nSPS) is 27.6. The Bertz CT molecular complexity index is 436. The molecule has 0 atom stereocenters. The van der Waals surface area contributed by atoms with Crippen molar-refractivity contribution in [3.8, 4) is 0 Å². The van der Waals surface area contributed by atoms with Crippen molar-refractivity contribution in [2.24, 2.45) is 16.6 Å². The summed E-state index contributed by atoms with van der Waals surface area (Å²) in [6.45, 7) is 8.96. The maximum Gasteiger partial charge on any atom is 0.222 e. The number of amides is 1. The number of hydrogen-bond acceptors (Lipinski definition) is 4. The Kier molecular flexibility index (Phi) is 3.38. The van der Waals surface area contributed by atoms with Crippen LogP contribution in [0.3, 0.4) is 0 Å². The van der Waals surface area contributed by atoms with Gasteiger partial charge < -0.3 is 11.1 Å². The van der Waals surface area contributed by atoms with Gasteiger partial charge in [0.15, 0.2) is 0 Å². The van der Waals surface area contributed by atoms with Gasteiger partial charge in [0.25, 0.3) is 0 Å². The maximum atomic E-state index is 12.0. The van der Waals surface area contributed by atoms with Crippen molar-refractivity contribution >= 4 is 5.91 Å². The number of aryl methyl sites for hydroxylation is 1. The molecule has 1 saturated carbocycles. The molecular formula is C13H23N5O. The maximum absolute atomic E-state index is 12.0. The van der Waals surface area contributed by atoms with Crippen LogP contribution in [-0.2, 0) is 11.3 Å². The second-order valence-electron chi connectivity index (χ2n) is 6.54. The summed E-state index contributed by atoms with van der Waals surface area (Å²) in [6, 6.07) is 0.207. The molecule has 1 aliphatic carbocycles. The van der Waals surface area contributed by atoms with Gasteiger partial charge in [0.2, 0.25) is 5.91 Å². The molecule has 0 bridgehead atoms. The fourth-order valence-corrected chi connectivity index (χ4v) is 3.35. The Balaban J connectivity index is 1.89. The van der Waals surface area contributed by atoms with E-state index in [1.807, 2.05) is 0 Å². The molecule has 0 spiro atoms. The first-order valence-corrected chi connectivity index (χ1v) is 6.65. The van der Waals surface area contributed by atoms with E-state index in [9.17, 15) is 4.79 Å². The van der Waals surface area contributed by atoms with Gasteiger partial charge in [-0.05, 0) is 0 Å². The zero-order valence-electron chi connectivity index (χ0n) is 12.1. The first-order valence-electron chi connectivity index (χ1n) is 6.65. The van der Waals surface area contributed by atoms with Crippen LogP contribution < -0.4 is 11.1 Å². The highest BCUT2D eigenvalue weighted by Gasteiger charge is 2.60. The van der Waals surface area contributed by atoms with Gasteiger partial charge in [-0.2, -0.15) is 0 Å². The summed E-state index contributed by atoms with van der Waals surface area (Å²) in [7, 11) is 0. The van der Waals surface area contributed by atoms with Gasteiger partial charge in [0, 0.05) is 35.5 Å². The van der Waals surface area contributed by atoms with Gasteiger partial charge in [-0.15, -0.1) is 5.10 Å². The molecule has 3 N–H and O–H groups in total. The summed E-state index contributed by atoms with van der Waals surface area (Å²) < 4.78 is 1.66. The molecule has 0 saturated heterocycles. The van der Waals surface area contributed by atoms with E-state index < -0.39 is 0 Å². The van der Waals surface area contributed by atoms with Crippen LogP contribution in [0.1, 0.15) is 34.1 Å². The number of nitrogens with two attached hydrogens (primary N) is 1. The molecule has 1 amide bonds. The predicted octanol–water partition coefficient (Wildman–Crippen LogP) is 0.546. The Morgan fingerprint density at radius 3 is 2.53 bits per heavy atom. The van der Waals surface area contributed by atoms with Crippen LogP contribution >= 0.6 is 0 Å². The van der Waals surface area contributed by atoms with E-state index in [1.165, 1.54) is 0 Å².